The summed E-state index contributed by atoms with van der Waals surface area (Å²) in [6.45, 7) is 9.49. The highest BCUT2D eigenvalue weighted by Crippen LogP contribution is 2.31. The number of ketones is 1. The third-order valence-corrected chi connectivity index (χ3v) is 4.63. The zero-order chi connectivity index (χ0) is 22.3. The molecule has 0 aromatic carbocycles. The van der Waals surface area contributed by atoms with Gasteiger partial charge in [0.2, 0.25) is 3.79 Å². The maximum Gasteiger partial charge on any atom is 0.508 e. The van der Waals surface area contributed by atoms with Gasteiger partial charge in [-0.15, -0.1) is 6.58 Å². The lowest BCUT2D eigenvalue weighted by Gasteiger charge is -2.33. The Bertz CT molecular complexity index is 576. The third kappa shape index (κ3) is 8.15. The third-order valence-electron chi connectivity index (χ3n) is 4.30. The van der Waals surface area contributed by atoms with Gasteiger partial charge < -0.3 is 9.47 Å². The molecule has 3 atom stereocenters. The Balaban J connectivity index is 5.48. The number of nitrogens with zero attached hydrogens (tertiary/aromatic N) is 1. The molecule has 0 aliphatic carbocycles. The number of carbonyl (C=O) groups is 3. The number of allylic oxidation sites excluding steroid dienone is 1. The summed E-state index contributed by atoms with van der Waals surface area (Å²) < 4.78 is 8.35. The van der Waals surface area contributed by atoms with Crippen LogP contribution in [0.5, 0.6) is 0 Å². The summed E-state index contributed by atoms with van der Waals surface area (Å²) in [6, 6.07) is 0. The molecule has 0 fully saturated rings. The van der Waals surface area contributed by atoms with Crippen LogP contribution in [0.2, 0.25) is 0 Å². The molecule has 10 heteroatoms. The summed E-state index contributed by atoms with van der Waals surface area (Å²) in [5.41, 5.74) is -1.40. The topological polar surface area (TPSA) is 82.1 Å². The Labute approximate surface area is 181 Å². The molecule has 0 saturated heterocycles. The molecular weight excluding hydrogens is 433 g/mol. The van der Waals surface area contributed by atoms with Crippen molar-refractivity contribution < 1.29 is 28.7 Å². The van der Waals surface area contributed by atoms with Gasteiger partial charge in [0.05, 0.1) is 13.0 Å². The molecule has 1 amide bonds. The molecule has 0 saturated carbocycles. The number of Topliss-reactive ketones (excluding diaryl/α,β-unsaturated/α-hetero) is 1. The Hall–Kier alpha value is -1.02. The van der Waals surface area contributed by atoms with Crippen LogP contribution in [0.1, 0.15) is 34.1 Å². The number of hydrogen-bond acceptors (Lipinski definition) is 6. The predicted molar refractivity (Wildman–Crippen MR) is 108 cm³/mol. The molecule has 0 spiro atoms. The van der Waals surface area contributed by atoms with Gasteiger partial charge in [0.15, 0.2) is 5.78 Å². The number of carbonyl (C=O) groups excluding carboxylic acids is 3. The second-order valence-corrected chi connectivity index (χ2v) is 9.52. The average molecular weight is 461 g/mol. The summed E-state index contributed by atoms with van der Waals surface area (Å²) in [4.78, 5) is 42.4. The van der Waals surface area contributed by atoms with Crippen LogP contribution in [0.4, 0.5) is 4.79 Å². The summed E-state index contributed by atoms with van der Waals surface area (Å²) in [6.07, 6.45) is 0.144. The van der Waals surface area contributed by atoms with Crippen LogP contribution in [0.25, 0.3) is 0 Å². The molecule has 28 heavy (non-hydrogen) atoms. The number of halogens is 3. The van der Waals surface area contributed by atoms with Crippen LogP contribution in [0.3, 0.4) is 0 Å². The molecule has 7 nitrogen and oxygen atoms in total. The summed E-state index contributed by atoms with van der Waals surface area (Å²) in [5.74, 6) is -2.04. The van der Waals surface area contributed by atoms with Gasteiger partial charge in [-0.2, -0.15) is 0 Å². The van der Waals surface area contributed by atoms with Crippen molar-refractivity contribution in [3.63, 3.8) is 0 Å². The van der Waals surface area contributed by atoms with E-state index in [1.807, 2.05) is 0 Å². The van der Waals surface area contributed by atoms with E-state index < -0.39 is 45.7 Å². The summed E-state index contributed by atoms with van der Waals surface area (Å²) in [7, 11) is 2.73. The molecular formula is C18H28Cl3NO6. The second-order valence-electron chi connectivity index (χ2n) is 7.00. The normalized spacial score (nSPS) is 15.2. The van der Waals surface area contributed by atoms with Gasteiger partial charge in [-0.1, -0.05) is 54.7 Å². The SMILES string of the molecule is C=CC[C@H](C)[C@H](OC(=O)OCC(Cl)(Cl)Cl)[C@@H](C)C(=O)C(C)(C)C(=O)N(C)OC. The highest BCUT2D eigenvalue weighted by molar-refractivity contribution is 6.67. The first-order chi connectivity index (χ1) is 12.7. The number of hydroxylamine groups is 2. The number of alkyl halides is 3. The predicted octanol–water partition coefficient (Wildman–Crippen LogP) is 4.34. The molecule has 0 radical (unpaired) electrons. The average Bonchev–Trinajstić information content (AvgIpc) is 2.61. The highest BCUT2D eigenvalue weighted by Gasteiger charge is 2.45. The van der Waals surface area contributed by atoms with E-state index in [4.69, 9.17) is 49.1 Å². The van der Waals surface area contributed by atoms with Crippen LogP contribution < -0.4 is 0 Å². The number of amides is 1. The van der Waals surface area contributed by atoms with E-state index in [-0.39, 0.29) is 5.92 Å². The van der Waals surface area contributed by atoms with E-state index in [0.717, 1.165) is 5.06 Å². The maximum absolute atomic E-state index is 13.1. The zero-order valence-electron chi connectivity index (χ0n) is 17.0. The monoisotopic (exact) mass is 459 g/mol. The molecule has 162 valence electrons. The first kappa shape index (κ1) is 27.0. The Kier molecular flexibility index (Phi) is 10.8. The van der Waals surface area contributed by atoms with Crippen molar-refractivity contribution in [2.75, 3.05) is 20.8 Å². The van der Waals surface area contributed by atoms with Crippen molar-refractivity contribution in [1.29, 1.82) is 0 Å². The quantitative estimate of drug-likeness (QED) is 0.158. The highest BCUT2D eigenvalue weighted by atomic mass is 35.6. The van der Waals surface area contributed by atoms with Gasteiger partial charge in [-0.25, -0.2) is 9.86 Å². The van der Waals surface area contributed by atoms with Crippen LogP contribution >= 0.6 is 34.8 Å². The first-order valence-corrected chi connectivity index (χ1v) is 9.70. The molecule has 0 aliphatic rings. The van der Waals surface area contributed by atoms with Crippen LogP contribution in [0.15, 0.2) is 12.7 Å². The summed E-state index contributed by atoms with van der Waals surface area (Å²) >= 11 is 16.7. The van der Waals surface area contributed by atoms with Gasteiger partial charge in [0, 0.05) is 7.05 Å². The first-order valence-electron chi connectivity index (χ1n) is 8.56. The molecule has 0 aromatic rings. The van der Waals surface area contributed by atoms with Gasteiger partial charge >= 0.3 is 6.16 Å². The van der Waals surface area contributed by atoms with Gasteiger partial charge in [0.1, 0.15) is 18.1 Å². The minimum absolute atomic E-state index is 0.275. The zero-order valence-corrected chi connectivity index (χ0v) is 19.2. The minimum Gasteiger partial charge on any atom is -0.430 e. The standard InChI is InChI=1S/C18H28Cl3NO6/c1-8-9-11(2)13(28-16(25)27-10-18(19,20)21)12(3)14(23)17(4,5)15(24)22(6)26-7/h8,11-13H,1,9-10H2,2-7H3/t11-,12+,13-/m0/s1. The largest absolute Gasteiger partial charge is 0.508 e. The van der Waals surface area contributed by atoms with Crippen molar-refractivity contribution in [2.24, 2.45) is 17.3 Å². The maximum atomic E-state index is 13.1. The molecule has 0 aliphatic heterocycles. The van der Waals surface area contributed by atoms with Crippen LogP contribution in [-0.4, -0.2) is 53.6 Å². The molecule has 0 heterocycles. The number of rotatable bonds is 10. The van der Waals surface area contributed by atoms with Crippen LogP contribution in [-0.2, 0) is 23.9 Å². The van der Waals surface area contributed by atoms with Gasteiger partial charge in [0.25, 0.3) is 5.91 Å². The Morgan fingerprint density at radius 3 is 2.14 bits per heavy atom. The molecule has 0 aromatic heterocycles. The number of ether oxygens (including phenoxy) is 2. The molecule has 0 bridgehead atoms. The van der Waals surface area contributed by atoms with E-state index in [9.17, 15) is 14.4 Å². The van der Waals surface area contributed by atoms with E-state index in [1.165, 1.54) is 28.0 Å². The van der Waals surface area contributed by atoms with Crippen molar-refractivity contribution in [1.82, 2.24) is 5.06 Å². The Morgan fingerprint density at radius 1 is 1.18 bits per heavy atom. The second kappa shape index (κ2) is 11.2. The van der Waals surface area contributed by atoms with E-state index in [1.54, 1.807) is 19.9 Å². The van der Waals surface area contributed by atoms with Crippen molar-refractivity contribution in [3.8, 4) is 0 Å². The summed E-state index contributed by atoms with van der Waals surface area (Å²) in [5, 5.41) is 0.975. The van der Waals surface area contributed by atoms with Crippen molar-refractivity contribution in [2.45, 2.75) is 44.0 Å². The fraction of sp³-hybridized carbons (Fsp3) is 0.722. The van der Waals surface area contributed by atoms with Crippen molar-refractivity contribution in [3.05, 3.63) is 12.7 Å². The Morgan fingerprint density at radius 2 is 1.71 bits per heavy atom. The van der Waals surface area contributed by atoms with Gasteiger partial charge in [-0.05, 0) is 26.2 Å². The fourth-order valence-electron chi connectivity index (χ4n) is 2.69. The lowest BCUT2D eigenvalue weighted by Crippen LogP contribution is -2.48. The van der Waals surface area contributed by atoms with E-state index >= 15 is 0 Å². The fourth-order valence-corrected chi connectivity index (χ4v) is 2.86. The number of hydrogen-bond donors (Lipinski definition) is 0. The van der Waals surface area contributed by atoms with E-state index in [2.05, 4.69) is 6.58 Å². The lowest BCUT2D eigenvalue weighted by molar-refractivity contribution is -0.181. The molecule has 0 unspecified atom stereocenters. The lowest BCUT2D eigenvalue weighted by atomic mass is 9.76. The van der Waals surface area contributed by atoms with Gasteiger partial charge in [-0.3, -0.25) is 14.4 Å². The van der Waals surface area contributed by atoms with Crippen LogP contribution in [0, 0.1) is 17.3 Å². The minimum atomic E-state index is -1.79. The van der Waals surface area contributed by atoms with Crippen molar-refractivity contribution >= 4 is 52.6 Å². The molecule has 0 rings (SSSR count). The van der Waals surface area contributed by atoms with E-state index in [0.29, 0.717) is 6.42 Å². The smallest absolute Gasteiger partial charge is 0.430 e. The molecule has 0 N–H and O–H groups in total.